The molecule has 33 heavy (non-hydrogen) atoms. The first-order valence-corrected chi connectivity index (χ1v) is 12.0. The first-order chi connectivity index (χ1) is 15.8. The molecule has 0 unspecified atom stereocenters. The maximum Gasteiger partial charge on any atom is 0.266 e. The Morgan fingerprint density at radius 3 is 2.61 bits per heavy atom. The smallest absolute Gasteiger partial charge is 0.266 e. The molecule has 0 bridgehead atoms. The molecule has 0 radical (unpaired) electrons. The standard InChI is InChI=1S/C25H20Cl2N4OS/c1-14-9-16(15(2)31(14)18-7-8-21(26)22(27)11-18)10-17(12-28)24(32)30-25-20(13-29)19-5-3-4-6-23(19)33-25/h7-11H,3-6H2,1-2H3,(H,30,32)/b17-10+. The van der Waals surface area contributed by atoms with E-state index in [4.69, 9.17) is 23.2 Å². The molecule has 8 heteroatoms. The summed E-state index contributed by atoms with van der Waals surface area (Å²) >= 11 is 13.7. The van der Waals surface area contributed by atoms with Gasteiger partial charge in [-0.15, -0.1) is 11.3 Å². The fourth-order valence-electron chi connectivity index (χ4n) is 4.20. The molecule has 0 atom stereocenters. The topological polar surface area (TPSA) is 81.6 Å². The highest BCUT2D eigenvalue weighted by atomic mass is 35.5. The second-order valence-electron chi connectivity index (χ2n) is 7.91. The lowest BCUT2D eigenvalue weighted by Crippen LogP contribution is -2.13. The summed E-state index contributed by atoms with van der Waals surface area (Å²) in [6.45, 7) is 3.85. The lowest BCUT2D eigenvalue weighted by molar-refractivity contribution is -0.112. The molecule has 2 aromatic heterocycles. The highest BCUT2D eigenvalue weighted by molar-refractivity contribution is 7.16. The Morgan fingerprint density at radius 2 is 1.91 bits per heavy atom. The summed E-state index contributed by atoms with van der Waals surface area (Å²) in [4.78, 5) is 14.1. The predicted octanol–water partition coefficient (Wildman–Crippen LogP) is 6.76. The van der Waals surface area contributed by atoms with Crippen molar-refractivity contribution in [3.8, 4) is 17.8 Å². The van der Waals surface area contributed by atoms with Crippen molar-refractivity contribution >= 4 is 51.5 Å². The number of nitriles is 2. The van der Waals surface area contributed by atoms with E-state index in [1.807, 2.05) is 36.6 Å². The number of aryl methyl sites for hydroxylation is 2. The van der Waals surface area contributed by atoms with Gasteiger partial charge >= 0.3 is 0 Å². The van der Waals surface area contributed by atoms with Gasteiger partial charge in [-0.2, -0.15) is 10.5 Å². The minimum Gasteiger partial charge on any atom is -0.318 e. The molecule has 4 rings (SSSR count). The van der Waals surface area contributed by atoms with Gasteiger partial charge < -0.3 is 9.88 Å². The number of benzene rings is 1. The van der Waals surface area contributed by atoms with E-state index in [9.17, 15) is 15.3 Å². The van der Waals surface area contributed by atoms with Crippen molar-refractivity contribution in [3.05, 3.63) is 72.8 Å². The summed E-state index contributed by atoms with van der Waals surface area (Å²) in [6.07, 6.45) is 5.48. The van der Waals surface area contributed by atoms with E-state index in [1.165, 1.54) is 11.3 Å². The van der Waals surface area contributed by atoms with Crippen LogP contribution in [0.1, 0.15) is 45.8 Å². The maximum atomic E-state index is 12.9. The second-order valence-corrected chi connectivity index (χ2v) is 9.83. The zero-order valence-corrected chi connectivity index (χ0v) is 20.5. The Hall–Kier alpha value is -3.03. The van der Waals surface area contributed by atoms with E-state index in [0.717, 1.165) is 58.8 Å². The third-order valence-corrected chi connectivity index (χ3v) is 7.75. The van der Waals surface area contributed by atoms with E-state index in [1.54, 1.807) is 18.2 Å². The molecule has 0 fully saturated rings. The largest absolute Gasteiger partial charge is 0.318 e. The highest BCUT2D eigenvalue weighted by Gasteiger charge is 2.23. The van der Waals surface area contributed by atoms with Gasteiger partial charge in [0.15, 0.2) is 0 Å². The van der Waals surface area contributed by atoms with Crippen molar-refractivity contribution in [2.45, 2.75) is 39.5 Å². The van der Waals surface area contributed by atoms with Crippen molar-refractivity contribution in [3.63, 3.8) is 0 Å². The lowest BCUT2D eigenvalue weighted by Gasteiger charge is -2.10. The highest BCUT2D eigenvalue weighted by Crippen LogP contribution is 2.38. The van der Waals surface area contributed by atoms with Gasteiger partial charge in [-0.25, -0.2) is 0 Å². The molecule has 0 aliphatic heterocycles. The number of hydrogen-bond donors (Lipinski definition) is 1. The van der Waals surface area contributed by atoms with Crippen LogP contribution in [0.5, 0.6) is 0 Å². The van der Waals surface area contributed by atoms with Crippen LogP contribution in [-0.2, 0) is 17.6 Å². The zero-order valence-electron chi connectivity index (χ0n) is 18.1. The van der Waals surface area contributed by atoms with Gasteiger partial charge in [0, 0.05) is 22.0 Å². The van der Waals surface area contributed by atoms with E-state index in [-0.39, 0.29) is 5.57 Å². The summed E-state index contributed by atoms with van der Waals surface area (Å²) in [5, 5.41) is 23.6. The summed E-state index contributed by atoms with van der Waals surface area (Å²) < 4.78 is 1.99. The average Bonchev–Trinajstić information content (AvgIpc) is 3.29. The first kappa shape index (κ1) is 23.1. The van der Waals surface area contributed by atoms with E-state index >= 15 is 0 Å². The number of amides is 1. The fourth-order valence-corrected chi connectivity index (χ4v) is 5.73. The van der Waals surface area contributed by atoms with E-state index < -0.39 is 5.91 Å². The molecule has 0 saturated heterocycles. The van der Waals surface area contributed by atoms with Crippen molar-refractivity contribution in [1.29, 1.82) is 10.5 Å². The molecule has 1 aliphatic rings. The number of nitrogens with one attached hydrogen (secondary N) is 1. The molecule has 166 valence electrons. The number of aromatic nitrogens is 1. The number of rotatable bonds is 4. The fraction of sp³-hybridized carbons (Fsp3) is 0.240. The third kappa shape index (κ3) is 4.43. The minimum atomic E-state index is -0.521. The Labute approximate surface area is 206 Å². The summed E-state index contributed by atoms with van der Waals surface area (Å²) in [5.41, 5.74) is 4.90. The van der Waals surface area contributed by atoms with Crippen LogP contribution in [0.15, 0.2) is 29.8 Å². The molecule has 5 nitrogen and oxygen atoms in total. The van der Waals surface area contributed by atoms with Gasteiger partial charge in [0.2, 0.25) is 0 Å². The molecular weight excluding hydrogens is 475 g/mol. The third-order valence-electron chi connectivity index (χ3n) is 5.81. The van der Waals surface area contributed by atoms with Crippen LogP contribution >= 0.6 is 34.5 Å². The lowest BCUT2D eigenvalue weighted by atomic mass is 9.96. The Bertz CT molecular complexity index is 1380. The molecule has 1 amide bonds. The van der Waals surface area contributed by atoms with Crippen LogP contribution in [0.25, 0.3) is 11.8 Å². The van der Waals surface area contributed by atoms with Crippen LogP contribution in [0.3, 0.4) is 0 Å². The zero-order chi connectivity index (χ0) is 23.7. The Morgan fingerprint density at radius 1 is 1.15 bits per heavy atom. The van der Waals surface area contributed by atoms with Crippen LogP contribution in [0.2, 0.25) is 10.0 Å². The Kier molecular flexibility index (Phi) is 6.63. The maximum absolute atomic E-state index is 12.9. The van der Waals surface area contributed by atoms with Crippen molar-refractivity contribution in [1.82, 2.24) is 4.57 Å². The summed E-state index contributed by atoms with van der Waals surface area (Å²) in [6, 6.07) is 11.5. The van der Waals surface area contributed by atoms with Crippen molar-refractivity contribution in [2.24, 2.45) is 0 Å². The number of carbonyl (C=O) groups excluding carboxylic acids is 1. The molecule has 1 aromatic carbocycles. The number of anilines is 1. The quantitative estimate of drug-likeness (QED) is 0.321. The first-order valence-electron chi connectivity index (χ1n) is 10.5. The van der Waals surface area contributed by atoms with Gasteiger partial charge in [-0.05, 0) is 81.0 Å². The van der Waals surface area contributed by atoms with Crippen LogP contribution in [-0.4, -0.2) is 10.5 Å². The van der Waals surface area contributed by atoms with Gasteiger partial charge in [0.25, 0.3) is 5.91 Å². The monoisotopic (exact) mass is 494 g/mol. The summed E-state index contributed by atoms with van der Waals surface area (Å²) in [7, 11) is 0. The van der Waals surface area contributed by atoms with Crippen LogP contribution in [0.4, 0.5) is 5.00 Å². The van der Waals surface area contributed by atoms with Gasteiger partial charge in [-0.1, -0.05) is 23.2 Å². The molecule has 1 N–H and O–H groups in total. The molecule has 2 heterocycles. The van der Waals surface area contributed by atoms with E-state index in [2.05, 4.69) is 11.4 Å². The number of nitrogens with zero attached hydrogens (tertiary/aromatic N) is 3. The SMILES string of the molecule is Cc1cc(/C=C(\C#N)C(=O)Nc2sc3c(c2C#N)CCCC3)c(C)n1-c1ccc(Cl)c(Cl)c1. The number of thiophene rings is 1. The van der Waals surface area contributed by atoms with Crippen molar-refractivity contribution in [2.75, 3.05) is 5.32 Å². The van der Waals surface area contributed by atoms with Crippen molar-refractivity contribution < 1.29 is 4.79 Å². The van der Waals surface area contributed by atoms with E-state index in [0.29, 0.717) is 20.6 Å². The van der Waals surface area contributed by atoms with Crippen LogP contribution < -0.4 is 5.32 Å². The number of carbonyl (C=O) groups is 1. The minimum absolute atomic E-state index is 0.0281. The Balaban J connectivity index is 1.66. The molecular formula is C25H20Cl2N4OS. The molecule has 3 aromatic rings. The van der Waals surface area contributed by atoms with Gasteiger partial charge in [0.05, 0.1) is 15.6 Å². The van der Waals surface area contributed by atoms with Crippen LogP contribution in [0, 0.1) is 36.5 Å². The van der Waals surface area contributed by atoms with Gasteiger partial charge in [-0.3, -0.25) is 4.79 Å². The second kappa shape index (κ2) is 9.45. The molecule has 1 aliphatic carbocycles. The molecule has 0 saturated carbocycles. The molecule has 0 spiro atoms. The number of fused-ring (bicyclic) bond motifs is 1. The number of halogens is 2. The van der Waals surface area contributed by atoms with Gasteiger partial charge in [0.1, 0.15) is 22.7 Å². The summed E-state index contributed by atoms with van der Waals surface area (Å²) in [5.74, 6) is -0.521. The normalized spacial score (nSPS) is 13.2. The predicted molar refractivity (Wildman–Crippen MR) is 133 cm³/mol. The number of hydrogen-bond acceptors (Lipinski definition) is 4. The average molecular weight is 495 g/mol.